The summed E-state index contributed by atoms with van der Waals surface area (Å²) < 4.78 is 4.16. The topological polar surface area (TPSA) is 35.6 Å². The minimum absolute atomic E-state index is 0.520. The smallest absolute Gasteiger partial charge is 0.0991 e. The van der Waals surface area contributed by atoms with Gasteiger partial charge in [0.25, 0.3) is 0 Å². The highest BCUT2D eigenvalue weighted by Gasteiger charge is 2.10. The molecule has 86 valence electrons. The van der Waals surface area contributed by atoms with Gasteiger partial charge in [-0.3, -0.25) is 0 Å². The summed E-state index contributed by atoms with van der Waals surface area (Å²) in [5.74, 6) is 0.520. The maximum Gasteiger partial charge on any atom is 0.0991 e. The molecule has 0 spiro atoms. The summed E-state index contributed by atoms with van der Waals surface area (Å²) in [6, 6.07) is 0. The fraction of sp³-hybridized carbons (Fsp3) is 0.231. The van der Waals surface area contributed by atoms with Crippen LogP contribution < -0.4 is 0 Å². The summed E-state index contributed by atoms with van der Waals surface area (Å²) in [5.41, 5.74) is 1.19. The van der Waals surface area contributed by atoms with Crippen LogP contribution in [0.3, 0.4) is 0 Å². The first-order valence-electron chi connectivity index (χ1n) is 5.74. The minimum Gasteiger partial charge on any atom is -0.337 e. The molecule has 3 rings (SSSR count). The molecule has 0 saturated heterocycles. The zero-order valence-electron chi connectivity index (χ0n) is 9.48. The molecule has 0 aliphatic heterocycles. The van der Waals surface area contributed by atoms with E-state index in [1.165, 1.54) is 5.70 Å². The Bertz CT molecular complexity index is 520. The predicted molar refractivity (Wildman–Crippen MR) is 66.0 cm³/mol. The molecule has 0 fully saturated rings. The van der Waals surface area contributed by atoms with Crippen LogP contribution in [0.25, 0.3) is 5.70 Å². The van der Waals surface area contributed by atoms with E-state index in [0.29, 0.717) is 5.92 Å². The molecule has 4 nitrogen and oxygen atoms in total. The largest absolute Gasteiger partial charge is 0.337 e. The van der Waals surface area contributed by atoms with Crippen LogP contribution in [0.15, 0.2) is 55.7 Å². The average Bonchev–Trinajstić information content (AvgIpc) is 3.01. The molecule has 1 atom stereocenters. The van der Waals surface area contributed by atoms with Gasteiger partial charge in [0, 0.05) is 42.9 Å². The Morgan fingerprint density at radius 2 is 2.06 bits per heavy atom. The van der Waals surface area contributed by atoms with Gasteiger partial charge < -0.3 is 9.13 Å². The van der Waals surface area contributed by atoms with Crippen LogP contribution in [0.2, 0.25) is 0 Å². The Hall–Kier alpha value is -2.10. The van der Waals surface area contributed by atoms with Gasteiger partial charge in [-0.1, -0.05) is 12.2 Å². The molecule has 2 heterocycles. The van der Waals surface area contributed by atoms with Gasteiger partial charge in [0.2, 0.25) is 0 Å². The van der Waals surface area contributed by atoms with E-state index < -0.39 is 0 Å². The van der Waals surface area contributed by atoms with Crippen LogP contribution in [0.4, 0.5) is 0 Å². The van der Waals surface area contributed by atoms with Crippen LogP contribution in [0.1, 0.15) is 6.42 Å². The number of nitrogens with zero attached hydrogens (tertiary/aromatic N) is 4. The van der Waals surface area contributed by atoms with Crippen molar-refractivity contribution in [3.63, 3.8) is 0 Å². The molecule has 2 aromatic heterocycles. The molecule has 1 aliphatic carbocycles. The third-order valence-corrected chi connectivity index (χ3v) is 2.94. The molecule has 0 aromatic carbocycles. The van der Waals surface area contributed by atoms with E-state index >= 15 is 0 Å². The maximum atomic E-state index is 4.07. The fourth-order valence-corrected chi connectivity index (χ4v) is 2.11. The summed E-state index contributed by atoms with van der Waals surface area (Å²) >= 11 is 0. The van der Waals surface area contributed by atoms with Crippen molar-refractivity contribution in [3.05, 3.63) is 55.7 Å². The van der Waals surface area contributed by atoms with E-state index in [1.54, 1.807) is 6.20 Å². The van der Waals surface area contributed by atoms with Crippen molar-refractivity contribution >= 4 is 5.70 Å². The molecule has 0 amide bonds. The number of aromatic nitrogens is 4. The van der Waals surface area contributed by atoms with Crippen LogP contribution in [0.5, 0.6) is 0 Å². The zero-order chi connectivity index (χ0) is 11.5. The lowest BCUT2D eigenvalue weighted by Gasteiger charge is -2.17. The lowest BCUT2D eigenvalue weighted by molar-refractivity contribution is 0.531. The summed E-state index contributed by atoms with van der Waals surface area (Å²) in [7, 11) is 0. The first kappa shape index (κ1) is 10.1. The molecule has 17 heavy (non-hydrogen) atoms. The number of allylic oxidation sites excluding steroid dienone is 4. The number of hydrogen-bond donors (Lipinski definition) is 0. The van der Waals surface area contributed by atoms with Crippen molar-refractivity contribution < 1.29 is 0 Å². The van der Waals surface area contributed by atoms with Crippen molar-refractivity contribution in [1.29, 1.82) is 0 Å². The predicted octanol–water partition coefficient (Wildman–Crippen LogP) is 2.20. The normalized spacial score (nSPS) is 19.3. The van der Waals surface area contributed by atoms with E-state index in [9.17, 15) is 0 Å². The van der Waals surface area contributed by atoms with E-state index in [0.717, 1.165) is 13.0 Å². The van der Waals surface area contributed by atoms with Crippen LogP contribution in [0, 0.1) is 5.92 Å². The van der Waals surface area contributed by atoms with Crippen molar-refractivity contribution in [2.45, 2.75) is 13.0 Å². The molecule has 0 radical (unpaired) electrons. The SMILES string of the molecule is C1=CC(n2ccnc2)=CC(Cn2ccnc2)C1. The number of imidazole rings is 2. The molecule has 2 aromatic rings. The van der Waals surface area contributed by atoms with Gasteiger partial charge in [0.05, 0.1) is 12.7 Å². The lowest BCUT2D eigenvalue weighted by Crippen LogP contribution is -2.10. The molecule has 1 unspecified atom stereocenters. The number of rotatable bonds is 3. The monoisotopic (exact) mass is 226 g/mol. The van der Waals surface area contributed by atoms with E-state index in [1.807, 2.05) is 35.8 Å². The Balaban J connectivity index is 1.78. The van der Waals surface area contributed by atoms with Gasteiger partial charge >= 0.3 is 0 Å². The van der Waals surface area contributed by atoms with Gasteiger partial charge in [-0.15, -0.1) is 0 Å². The van der Waals surface area contributed by atoms with E-state index in [-0.39, 0.29) is 0 Å². The first-order valence-corrected chi connectivity index (χ1v) is 5.74. The Morgan fingerprint density at radius 1 is 1.18 bits per heavy atom. The van der Waals surface area contributed by atoms with Crippen LogP contribution in [-0.2, 0) is 6.54 Å². The molecular weight excluding hydrogens is 212 g/mol. The highest BCUT2D eigenvalue weighted by molar-refractivity contribution is 5.58. The zero-order valence-corrected chi connectivity index (χ0v) is 9.48. The fourth-order valence-electron chi connectivity index (χ4n) is 2.11. The summed E-state index contributed by atoms with van der Waals surface area (Å²) in [4.78, 5) is 8.14. The molecule has 0 N–H and O–H groups in total. The van der Waals surface area contributed by atoms with Crippen molar-refractivity contribution in [2.24, 2.45) is 5.92 Å². The molecule has 1 aliphatic rings. The van der Waals surface area contributed by atoms with Crippen molar-refractivity contribution in [3.8, 4) is 0 Å². The van der Waals surface area contributed by atoms with Gasteiger partial charge in [0.15, 0.2) is 0 Å². The highest BCUT2D eigenvalue weighted by Crippen LogP contribution is 2.21. The highest BCUT2D eigenvalue weighted by atomic mass is 15.0. The van der Waals surface area contributed by atoms with Crippen LogP contribution in [-0.4, -0.2) is 19.1 Å². The quantitative estimate of drug-likeness (QED) is 0.804. The van der Waals surface area contributed by atoms with Gasteiger partial charge in [-0.05, 0) is 12.5 Å². The third-order valence-electron chi connectivity index (χ3n) is 2.94. The minimum atomic E-state index is 0.520. The third kappa shape index (κ3) is 2.20. The number of hydrogen-bond acceptors (Lipinski definition) is 2. The first-order chi connectivity index (χ1) is 8.42. The standard InChI is InChI=1S/C13H14N4/c1-2-12(9-16-6-4-14-10-16)8-13(3-1)17-7-5-15-11-17/h1,3-8,10-12H,2,9H2. The van der Waals surface area contributed by atoms with Gasteiger partial charge in [-0.2, -0.15) is 0 Å². The second-order valence-corrected chi connectivity index (χ2v) is 4.22. The lowest BCUT2D eigenvalue weighted by atomic mass is 9.99. The second-order valence-electron chi connectivity index (χ2n) is 4.22. The second kappa shape index (κ2) is 4.41. The van der Waals surface area contributed by atoms with E-state index in [2.05, 4.69) is 32.8 Å². The molecular formula is C13H14N4. The van der Waals surface area contributed by atoms with Crippen molar-refractivity contribution in [2.75, 3.05) is 0 Å². The Kier molecular flexibility index (Phi) is 2.62. The van der Waals surface area contributed by atoms with Gasteiger partial charge in [-0.25, -0.2) is 9.97 Å². The van der Waals surface area contributed by atoms with Gasteiger partial charge in [0.1, 0.15) is 0 Å². The molecule has 0 saturated carbocycles. The Labute approximate surface area is 99.9 Å². The Morgan fingerprint density at radius 3 is 2.82 bits per heavy atom. The van der Waals surface area contributed by atoms with Crippen molar-refractivity contribution in [1.82, 2.24) is 19.1 Å². The van der Waals surface area contributed by atoms with E-state index in [4.69, 9.17) is 0 Å². The van der Waals surface area contributed by atoms with Crippen LogP contribution >= 0.6 is 0 Å². The summed E-state index contributed by atoms with van der Waals surface area (Å²) in [6.07, 6.45) is 19.0. The molecule has 0 bridgehead atoms. The summed E-state index contributed by atoms with van der Waals surface area (Å²) in [6.45, 7) is 0.975. The average molecular weight is 226 g/mol. The summed E-state index contributed by atoms with van der Waals surface area (Å²) in [5, 5.41) is 0. The molecule has 4 heteroatoms. The maximum absolute atomic E-state index is 4.07.